The molecule has 0 radical (unpaired) electrons. The first-order chi connectivity index (χ1) is 7.69. The van der Waals surface area contributed by atoms with Crippen molar-refractivity contribution in [2.75, 3.05) is 0 Å². The molecule has 0 atom stereocenters. The summed E-state index contributed by atoms with van der Waals surface area (Å²) >= 11 is 0. The highest BCUT2D eigenvalue weighted by atomic mass is 19.2. The molecule has 0 aliphatic heterocycles. The first-order valence-corrected chi connectivity index (χ1v) is 5.14. The number of halogens is 2. The second-order valence-electron chi connectivity index (χ2n) is 3.65. The number of hydrogen-bond acceptors (Lipinski definition) is 1. The summed E-state index contributed by atoms with van der Waals surface area (Å²) in [6, 6.07) is 3.89. The molecule has 16 heavy (non-hydrogen) atoms. The van der Waals surface area contributed by atoms with E-state index < -0.39 is 11.6 Å². The zero-order valence-corrected chi connectivity index (χ0v) is 8.95. The van der Waals surface area contributed by atoms with Crippen LogP contribution in [-0.4, -0.2) is 9.78 Å². The molecule has 0 spiro atoms. The van der Waals surface area contributed by atoms with Crippen LogP contribution in [0.1, 0.15) is 18.1 Å². The van der Waals surface area contributed by atoms with Gasteiger partial charge in [0.25, 0.3) is 0 Å². The van der Waals surface area contributed by atoms with E-state index >= 15 is 0 Å². The number of hydrogen-bond donors (Lipinski definition) is 0. The molecule has 2 rings (SSSR count). The Balaban J connectivity index is 2.17. The van der Waals surface area contributed by atoms with Crippen molar-refractivity contribution in [1.82, 2.24) is 9.78 Å². The second kappa shape index (κ2) is 4.43. The predicted molar refractivity (Wildman–Crippen MR) is 57.1 cm³/mol. The molecule has 0 amide bonds. The lowest BCUT2D eigenvalue weighted by Crippen LogP contribution is -2.00. The Bertz CT molecular complexity index is 492. The van der Waals surface area contributed by atoms with E-state index in [1.807, 2.05) is 13.1 Å². The Kier molecular flexibility index (Phi) is 2.99. The highest BCUT2D eigenvalue weighted by Gasteiger charge is 2.03. The first-order valence-electron chi connectivity index (χ1n) is 5.14. The van der Waals surface area contributed by atoms with Gasteiger partial charge in [0, 0.05) is 6.20 Å². The van der Waals surface area contributed by atoms with Crippen LogP contribution in [0.5, 0.6) is 0 Å². The molecule has 0 aliphatic carbocycles. The van der Waals surface area contributed by atoms with Crippen molar-refractivity contribution in [3.63, 3.8) is 0 Å². The zero-order chi connectivity index (χ0) is 11.5. The van der Waals surface area contributed by atoms with Crippen molar-refractivity contribution in [1.29, 1.82) is 0 Å². The van der Waals surface area contributed by atoms with Crippen LogP contribution in [0.25, 0.3) is 0 Å². The van der Waals surface area contributed by atoms with Crippen LogP contribution in [0.4, 0.5) is 8.78 Å². The fourth-order valence-corrected chi connectivity index (χ4v) is 1.50. The Hall–Kier alpha value is -1.71. The van der Waals surface area contributed by atoms with Crippen molar-refractivity contribution in [3.05, 3.63) is 53.4 Å². The molecule has 4 heteroatoms. The maximum Gasteiger partial charge on any atom is 0.159 e. The first kappa shape index (κ1) is 10.8. The average Bonchev–Trinajstić information content (AvgIpc) is 2.71. The van der Waals surface area contributed by atoms with Crippen LogP contribution in [0.3, 0.4) is 0 Å². The van der Waals surface area contributed by atoms with Gasteiger partial charge >= 0.3 is 0 Å². The molecule has 1 heterocycles. The van der Waals surface area contributed by atoms with Crippen molar-refractivity contribution in [2.24, 2.45) is 0 Å². The van der Waals surface area contributed by atoms with Crippen molar-refractivity contribution >= 4 is 0 Å². The zero-order valence-electron chi connectivity index (χ0n) is 8.95. The van der Waals surface area contributed by atoms with E-state index in [9.17, 15) is 8.78 Å². The molecule has 0 bridgehead atoms. The lowest BCUT2D eigenvalue weighted by Gasteiger charge is -2.02. The van der Waals surface area contributed by atoms with Crippen LogP contribution in [0, 0.1) is 11.6 Å². The summed E-state index contributed by atoms with van der Waals surface area (Å²) in [4.78, 5) is 0. The minimum Gasteiger partial charge on any atom is -0.268 e. The molecule has 84 valence electrons. The molecular weight excluding hydrogens is 210 g/mol. The highest BCUT2D eigenvalue weighted by Crippen LogP contribution is 2.10. The summed E-state index contributed by atoms with van der Waals surface area (Å²) in [5.74, 6) is -1.64. The number of aromatic nitrogens is 2. The molecule has 0 unspecified atom stereocenters. The predicted octanol–water partition coefficient (Wildman–Crippen LogP) is 2.77. The summed E-state index contributed by atoms with van der Waals surface area (Å²) in [7, 11) is 0. The molecule has 0 saturated carbocycles. The molecule has 1 aromatic heterocycles. The van der Waals surface area contributed by atoms with E-state index in [2.05, 4.69) is 5.10 Å². The lowest BCUT2D eigenvalue weighted by atomic mass is 10.2. The summed E-state index contributed by atoms with van der Waals surface area (Å²) in [6.07, 6.45) is 4.60. The molecule has 0 N–H and O–H groups in total. The quantitative estimate of drug-likeness (QED) is 0.780. The molecule has 0 aliphatic rings. The number of aryl methyl sites for hydroxylation is 1. The molecule has 2 aromatic rings. The number of rotatable bonds is 3. The third kappa shape index (κ3) is 2.27. The summed E-state index contributed by atoms with van der Waals surface area (Å²) < 4.78 is 27.4. The van der Waals surface area contributed by atoms with E-state index in [1.54, 1.807) is 16.9 Å². The van der Waals surface area contributed by atoms with Gasteiger partial charge < -0.3 is 0 Å². The SMILES string of the molecule is CCc1cnn(Cc2ccc(F)c(F)c2)c1. The Morgan fingerprint density at radius 2 is 2.00 bits per heavy atom. The Morgan fingerprint density at radius 1 is 1.19 bits per heavy atom. The van der Waals surface area contributed by atoms with Crippen molar-refractivity contribution < 1.29 is 8.78 Å². The van der Waals surface area contributed by atoms with Crippen LogP contribution in [0.15, 0.2) is 30.6 Å². The van der Waals surface area contributed by atoms with E-state index in [0.29, 0.717) is 12.1 Å². The van der Waals surface area contributed by atoms with Gasteiger partial charge in [0.15, 0.2) is 11.6 Å². The topological polar surface area (TPSA) is 17.8 Å². The van der Waals surface area contributed by atoms with Crippen LogP contribution >= 0.6 is 0 Å². The molecule has 1 aromatic carbocycles. The van der Waals surface area contributed by atoms with E-state index in [0.717, 1.165) is 18.1 Å². The fraction of sp³-hybridized carbons (Fsp3) is 0.250. The monoisotopic (exact) mass is 222 g/mol. The normalized spacial score (nSPS) is 10.7. The third-order valence-corrected chi connectivity index (χ3v) is 2.42. The van der Waals surface area contributed by atoms with Crippen LogP contribution in [0.2, 0.25) is 0 Å². The summed E-state index contributed by atoms with van der Waals surface area (Å²) in [5.41, 5.74) is 1.83. The van der Waals surface area contributed by atoms with Crippen LogP contribution in [-0.2, 0) is 13.0 Å². The van der Waals surface area contributed by atoms with Gasteiger partial charge in [0.2, 0.25) is 0 Å². The van der Waals surface area contributed by atoms with E-state index in [1.165, 1.54) is 6.07 Å². The minimum atomic E-state index is -0.821. The lowest BCUT2D eigenvalue weighted by molar-refractivity contribution is 0.506. The maximum atomic E-state index is 12.9. The fourth-order valence-electron chi connectivity index (χ4n) is 1.50. The smallest absolute Gasteiger partial charge is 0.159 e. The van der Waals surface area contributed by atoms with E-state index in [-0.39, 0.29) is 0 Å². The van der Waals surface area contributed by atoms with Gasteiger partial charge in [-0.1, -0.05) is 13.0 Å². The summed E-state index contributed by atoms with van der Waals surface area (Å²) in [5, 5.41) is 4.13. The van der Waals surface area contributed by atoms with Gasteiger partial charge in [0.05, 0.1) is 12.7 Å². The summed E-state index contributed by atoms with van der Waals surface area (Å²) in [6.45, 7) is 2.50. The van der Waals surface area contributed by atoms with Gasteiger partial charge in [-0.15, -0.1) is 0 Å². The molecule has 0 fully saturated rings. The van der Waals surface area contributed by atoms with Crippen LogP contribution < -0.4 is 0 Å². The molecule has 0 saturated heterocycles. The largest absolute Gasteiger partial charge is 0.268 e. The number of nitrogens with zero attached hydrogens (tertiary/aromatic N) is 2. The highest BCUT2D eigenvalue weighted by molar-refractivity contribution is 5.18. The van der Waals surface area contributed by atoms with Crippen molar-refractivity contribution in [2.45, 2.75) is 19.9 Å². The standard InChI is InChI=1S/C12H12F2N2/c1-2-9-6-15-16(7-9)8-10-3-4-11(13)12(14)5-10/h3-7H,2,8H2,1H3. The van der Waals surface area contributed by atoms with Gasteiger partial charge in [-0.2, -0.15) is 5.10 Å². The third-order valence-electron chi connectivity index (χ3n) is 2.42. The van der Waals surface area contributed by atoms with Gasteiger partial charge in [0.1, 0.15) is 0 Å². The van der Waals surface area contributed by atoms with Gasteiger partial charge in [-0.3, -0.25) is 4.68 Å². The van der Waals surface area contributed by atoms with Gasteiger partial charge in [-0.25, -0.2) is 8.78 Å². The second-order valence-corrected chi connectivity index (χ2v) is 3.65. The molecular formula is C12H12F2N2. The minimum absolute atomic E-state index is 0.456. The Morgan fingerprint density at radius 3 is 2.62 bits per heavy atom. The van der Waals surface area contributed by atoms with Crippen molar-refractivity contribution in [3.8, 4) is 0 Å². The Labute approximate surface area is 92.5 Å². The average molecular weight is 222 g/mol. The van der Waals surface area contributed by atoms with E-state index in [4.69, 9.17) is 0 Å². The molecule has 2 nitrogen and oxygen atoms in total. The maximum absolute atomic E-state index is 12.9. The number of benzene rings is 1. The van der Waals surface area contributed by atoms with Gasteiger partial charge in [-0.05, 0) is 29.7 Å².